The van der Waals surface area contributed by atoms with Gasteiger partial charge in [0.2, 0.25) is 0 Å². The second kappa shape index (κ2) is 6.38. The lowest BCUT2D eigenvalue weighted by atomic mass is 10.2. The number of hydrogen-bond donors (Lipinski definition) is 2. The molecule has 0 bridgehead atoms. The van der Waals surface area contributed by atoms with Crippen molar-refractivity contribution in [2.45, 2.75) is 13.5 Å². The summed E-state index contributed by atoms with van der Waals surface area (Å²) in [6.07, 6.45) is 3.09. The van der Waals surface area contributed by atoms with E-state index in [9.17, 15) is 0 Å². The zero-order valence-corrected chi connectivity index (χ0v) is 12.4. The number of hydrogen-bond acceptors (Lipinski definition) is 7. The number of nitrogens with zero attached hydrogens (tertiary/aromatic N) is 3. The number of nitrogens with two attached hydrogens (primary N) is 2. The van der Waals surface area contributed by atoms with Gasteiger partial charge in [-0.15, -0.1) is 0 Å². The summed E-state index contributed by atoms with van der Waals surface area (Å²) in [6, 6.07) is 1.77. The van der Waals surface area contributed by atoms with E-state index in [0.29, 0.717) is 22.8 Å². The second-order valence-corrected chi connectivity index (χ2v) is 4.60. The van der Waals surface area contributed by atoms with E-state index < -0.39 is 0 Å². The van der Waals surface area contributed by atoms with Crippen molar-refractivity contribution in [3.8, 4) is 11.6 Å². The summed E-state index contributed by atoms with van der Waals surface area (Å²) in [5, 5.41) is 0. The molecule has 2 heterocycles. The van der Waals surface area contributed by atoms with Gasteiger partial charge in [0, 0.05) is 11.8 Å². The van der Waals surface area contributed by atoms with E-state index in [2.05, 4.69) is 30.9 Å². The molecule has 0 fully saturated rings. The largest absolute Gasteiger partial charge is 0.490 e. The van der Waals surface area contributed by atoms with Gasteiger partial charge in [-0.2, -0.15) is 0 Å². The topological polar surface area (TPSA) is 109 Å². The van der Waals surface area contributed by atoms with Crippen LogP contribution in [0.1, 0.15) is 12.5 Å². The predicted octanol–water partition coefficient (Wildman–Crippen LogP) is 1.78. The molecule has 20 heavy (non-hydrogen) atoms. The summed E-state index contributed by atoms with van der Waals surface area (Å²) in [5.41, 5.74) is 12.2. The Kier molecular flexibility index (Phi) is 4.57. The fourth-order valence-electron chi connectivity index (χ4n) is 1.54. The van der Waals surface area contributed by atoms with Crippen molar-refractivity contribution in [3.05, 3.63) is 28.6 Å². The van der Waals surface area contributed by atoms with Gasteiger partial charge in [0.05, 0.1) is 12.8 Å². The maximum absolute atomic E-state index is 5.78. The molecule has 0 unspecified atom stereocenters. The highest BCUT2D eigenvalue weighted by atomic mass is 79.9. The van der Waals surface area contributed by atoms with E-state index >= 15 is 0 Å². The Morgan fingerprint density at radius 2 is 2.00 bits per heavy atom. The van der Waals surface area contributed by atoms with Crippen molar-refractivity contribution in [1.82, 2.24) is 15.0 Å². The Morgan fingerprint density at radius 1 is 1.20 bits per heavy atom. The molecule has 8 heteroatoms. The Balaban J connectivity index is 2.18. The van der Waals surface area contributed by atoms with Crippen LogP contribution in [0, 0.1) is 0 Å². The fourth-order valence-corrected chi connectivity index (χ4v) is 1.81. The number of pyridine rings is 1. The number of aromatic nitrogens is 3. The quantitative estimate of drug-likeness (QED) is 0.854. The van der Waals surface area contributed by atoms with Gasteiger partial charge in [-0.25, -0.2) is 15.0 Å². The highest BCUT2D eigenvalue weighted by Gasteiger charge is 2.11. The molecule has 0 spiro atoms. The van der Waals surface area contributed by atoms with Crippen molar-refractivity contribution in [3.63, 3.8) is 0 Å². The van der Waals surface area contributed by atoms with Gasteiger partial charge in [0.25, 0.3) is 5.88 Å². The molecule has 0 amide bonds. The molecule has 0 saturated carbocycles. The first-order chi connectivity index (χ1) is 9.61. The average molecular weight is 340 g/mol. The Labute approximate surface area is 124 Å². The van der Waals surface area contributed by atoms with Crippen LogP contribution in [0.25, 0.3) is 0 Å². The van der Waals surface area contributed by atoms with Crippen LogP contribution in [0.15, 0.2) is 23.1 Å². The second-order valence-electron chi connectivity index (χ2n) is 3.79. The summed E-state index contributed by atoms with van der Waals surface area (Å²) >= 11 is 3.21. The number of rotatable bonds is 5. The Morgan fingerprint density at radius 3 is 2.75 bits per heavy atom. The molecule has 0 aliphatic carbocycles. The maximum atomic E-state index is 5.78. The zero-order valence-electron chi connectivity index (χ0n) is 10.8. The minimum absolute atomic E-state index is 0.206. The first kappa shape index (κ1) is 14.3. The third kappa shape index (κ3) is 3.27. The number of ether oxygens (including phenoxy) is 2. The standard InChI is InChI=1S/C12H14BrN5O2/c1-2-19-9-7(3-4-16-10(9)14)6-20-12-11(15)17-5-8(13)18-12/h3-5H,2,6H2,1H3,(H2,14,16)(H2,15,17). The Hall–Kier alpha value is -2.09. The number of halogens is 1. The normalized spacial score (nSPS) is 10.3. The zero-order chi connectivity index (χ0) is 14.5. The van der Waals surface area contributed by atoms with Crippen molar-refractivity contribution in [2.24, 2.45) is 0 Å². The molecule has 0 atom stereocenters. The van der Waals surface area contributed by atoms with Crippen LogP contribution >= 0.6 is 15.9 Å². The molecular formula is C12H14BrN5O2. The molecule has 4 N–H and O–H groups in total. The molecule has 0 aliphatic heterocycles. The lowest BCUT2D eigenvalue weighted by Crippen LogP contribution is -2.07. The van der Waals surface area contributed by atoms with E-state index in [1.165, 1.54) is 6.20 Å². The molecule has 106 valence electrons. The Bertz CT molecular complexity index is 608. The predicted molar refractivity (Wildman–Crippen MR) is 78.3 cm³/mol. The van der Waals surface area contributed by atoms with Crippen molar-refractivity contribution in [2.75, 3.05) is 18.1 Å². The van der Waals surface area contributed by atoms with Gasteiger partial charge in [-0.3, -0.25) is 0 Å². The van der Waals surface area contributed by atoms with Crippen molar-refractivity contribution < 1.29 is 9.47 Å². The van der Waals surface area contributed by atoms with Crippen LogP contribution in [0.4, 0.5) is 11.6 Å². The van der Waals surface area contributed by atoms with Crippen molar-refractivity contribution >= 4 is 27.6 Å². The van der Waals surface area contributed by atoms with Gasteiger partial charge < -0.3 is 20.9 Å². The van der Waals surface area contributed by atoms with Gasteiger partial charge >= 0.3 is 0 Å². The van der Waals surface area contributed by atoms with E-state index in [4.69, 9.17) is 20.9 Å². The summed E-state index contributed by atoms with van der Waals surface area (Å²) in [4.78, 5) is 12.0. The molecular weight excluding hydrogens is 326 g/mol. The molecule has 0 saturated heterocycles. The SMILES string of the molecule is CCOc1c(COc2nc(Br)cnc2N)ccnc1N. The minimum atomic E-state index is 0.206. The third-order valence-corrected chi connectivity index (χ3v) is 2.79. The van der Waals surface area contributed by atoms with Gasteiger partial charge in [0.15, 0.2) is 17.4 Å². The van der Waals surface area contributed by atoms with Gasteiger partial charge in [-0.1, -0.05) is 0 Å². The van der Waals surface area contributed by atoms with Crippen LogP contribution in [-0.4, -0.2) is 21.6 Å². The van der Waals surface area contributed by atoms with Crippen LogP contribution < -0.4 is 20.9 Å². The average Bonchev–Trinajstić information content (AvgIpc) is 2.43. The van der Waals surface area contributed by atoms with Crippen LogP contribution in [0.2, 0.25) is 0 Å². The molecule has 0 aromatic carbocycles. The molecule has 2 aromatic rings. The summed E-state index contributed by atoms with van der Waals surface area (Å²) in [5.74, 6) is 1.29. The summed E-state index contributed by atoms with van der Waals surface area (Å²) < 4.78 is 11.6. The first-order valence-corrected chi connectivity index (χ1v) is 6.68. The molecule has 2 aromatic heterocycles. The summed E-state index contributed by atoms with van der Waals surface area (Å²) in [7, 11) is 0. The number of anilines is 2. The highest BCUT2D eigenvalue weighted by molar-refractivity contribution is 9.10. The highest BCUT2D eigenvalue weighted by Crippen LogP contribution is 2.26. The molecule has 2 rings (SSSR count). The van der Waals surface area contributed by atoms with E-state index in [1.807, 2.05) is 6.92 Å². The van der Waals surface area contributed by atoms with Gasteiger partial charge in [-0.05, 0) is 28.9 Å². The monoisotopic (exact) mass is 339 g/mol. The molecule has 0 radical (unpaired) electrons. The van der Waals surface area contributed by atoms with Crippen molar-refractivity contribution in [1.29, 1.82) is 0 Å². The van der Waals surface area contributed by atoms with Crippen LogP contribution in [0.5, 0.6) is 11.6 Å². The van der Waals surface area contributed by atoms with E-state index in [-0.39, 0.29) is 18.3 Å². The van der Waals surface area contributed by atoms with E-state index in [1.54, 1.807) is 12.3 Å². The smallest absolute Gasteiger partial charge is 0.258 e. The summed E-state index contributed by atoms with van der Waals surface area (Å²) in [6.45, 7) is 2.56. The van der Waals surface area contributed by atoms with Crippen LogP contribution in [0.3, 0.4) is 0 Å². The maximum Gasteiger partial charge on any atom is 0.258 e. The third-order valence-electron chi connectivity index (χ3n) is 2.40. The van der Waals surface area contributed by atoms with Gasteiger partial charge in [0.1, 0.15) is 11.2 Å². The van der Waals surface area contributed by atoms with E-state index in [0.717, 1.165) is 5.56 Å². The lowest BCUT2D eigenvalue weighted by molar-refractivity contribution is 0.278. The molecule has 0 aliphatic rings. The minimum Gasteiger partial charge on any atom is -0.490 e. The van der Waals surface area contributed by atoms with Crippen LogP contribution in [-0.2, 0) is 6.61 Å². The molecule has 7 nitrogen and oxygen atoms in total. The number of nitrogen functional groups attached to an aromatic ring is 2. The first-order valence-electron chi connectivity index (χ1n) is 5.88. The lowest BCUT2D eigenvalue weighted by Gasteiger charge is -2.12. The fraction of sp³-hybridized carbons (Fsp3) is 0.250.